The number of nitrogens with zero attached hydrogens (tertiary/aromatic N) is 2. The lowest BCUT2D eigenvalue weighted by molar-refractivity contribution is 0.0509. The normalized spacial score (nSPS) is 26.7. The molecule has 2 aromatic rings. The molecule has 1 aromatic heterocycles. The zero-order valence-electron chi connectivity index (χ0n) is 13.1. The van der Waals surface area contributed by atoms with Gasteiger partial charge in [-0.1, -0.05) is 6.07 Å². The number of piperidine rings is 3. The first-order valence-electron chi connectivity index (χ1n) is 8.34. The lowest BCUT2D eigenvalue weighted by Crippen LogP contribution is -2.50. The molecule has 3 aliphatic heterocycles. The average Bonchev–Trinajstić information content (AvgIpc) is 2.99. The van der Waals surface area contributed by atoms with Gasteiger partial charge in [0.05, 0.1) is 16.8 Å². The fourth-order valence-electron chi connectivity index (χ4n) is 4.14. The van der Waals surface area contributed by atoms with Gasteiger partial charge in [-0.3, -0.25) is 5.10 Å². The highest BCUT2D eigenvalue weighted by atomic mass is 16.4. The molecule has 4 heterocycles. The third-order valence-electron chi connectivity index (χ3n) is 5.39. The number of hydrogen-bond donors (Lipinski definition) is 3. The lowest BCUT2D eigenvalue weighted by Gasteiger charge is -2.45. The molecule has 0 saturated carbocycles. The van der Waals surface area contributed by atoms with E-state index in [0.29, 0.717) is 23.5 Å². The van der Waals surface area contributed by atoms with E-state index in [4.69, 9.17) is 0 Å². The number of nitrogens with one attached hydrogen (secondary N) is 2. The number of hydrogen-bond acceptors (Lipinski definition) is 4. The summed E-state index contributed by atoms with van der Waals surface area (Å²) in [7, 11) is 0. The van der Waals surface area contributed by atoms with Crippen molar-refractivity contribution in [3.63, 3.8) is 0 Å². The van der Waals surface area contributed by atoms with Crippen LogP contribution in [0.5, 0.6) is 0 Å². The first kappa shape index (κ1) is 14.7. The summed E-state index contributed by atoms with van der Waals surface area (Å²) in [6.07, 6.45) is 2.64. The maximum Gasteiger partial charge on any atom is 0.336 e. The predicted octanol–water partition coefficient (Wildman–Crippen LogP) is 1.69. The maximum absolute atomic E-state index is 11.4. The highest BCUT2D eigenvalue weighted by Crippen LogP contribution is 2.31. The van der Waals surface area contributed by atoms with E-state index in [-0.39, 0.29) is 0 Å². The van der Waals surface area contributed by atoms with Gasteiger partial charge in [-0.2, -0.15) is 5.10 Å². The predicted molar refractivity (Wildman–Crippen MR) is 87.4 cm³/mol. The summed E-state index contributed by atoms with van der Waals surface area (Å²) in [5.41, 5.74) is 1.89. The van der Waals surface area contributed by atoms with Crippen molar-refractivity contribution >= 4 is 16.9 Å². The number of aromatic amines is 1. The molecular formula is C17H22N4O2. The highest BCUT2D eigenvalue weighted by molar-refractivity contribution is 6.03. The van der Waals surface area contributed by atoms with Gasteiger partial charge in [-0.15, -0.1) is 0 Å². The monoisotopic (exact) mass is 314 g/mol. The van der Waals surface area contributed by atoms with Crippen LogP contribution in [-0.2, 0) is 6.54 Å². The van der Waals surface area contributed by atoms with Gasteiger partial charge in [0.2, 0.25) is 0 Å². The Balaban J connectivity index is 1.45. The van der Waals surface area contributed by atoms with Crippen molar-refractivity contribution < 1.29 is 9.90 Å². The van der Waals surface area contributed by atoms with Crippen LogP contribution in [0.2, 0.25) is 0 Å². The molecule has 6 nitrogen and oxygen atoms in total. The lowest BCUT2D eigenvalue weighted by atomic mass is 9.79. The molecule has 0 aliphatic carbocycles. The summed E-state index contributed by atoms with van der Waals surface area (Å²) in [5, 5.41) is 20.8. The second-order valence-corrected chi connectivity index (χ2v) is 6.74. The van der Waals surface area contributed by atoms with Crippen LogP contribution in [0.3, 0.4) is 0 Å². The molecule has 3 saturated heterocycles. The van der Waals surface area contributed by atoms with Crippen molar-refractivity contribution in [3.8, 4) is 0 Å². The van der Waals surface area contributed by atoms with Crippen LogP contribution in [0.15, 0.2) is 18.2 Å². The van der Waals surface area contributed by atoms with Gasteiger partial charge in [-0.05, 0) is 56.4 Å². The van der Waals surface area contributed by atoms with E-state index in [0.717, 1.165) is 23.5 Å². The van der Waals surface area contributed by atoms with Crippen LogP contribution >= 0.6 is 0 Å². The van der Waals surface area contributed by atoms with Crippen molar-refractivity contribution in [3.05, 3.63) is 29.5 Å². The Kier molecular flexibility index (Phi) is 3.79. The van der Waals surface area contributed by atoms with E-state index in [2.05, 4.69) is 20.4 Å². The Bertz CT molecular complexity index is 718. The van der Waals surface area contributed by atoms with Crippen LogP contribution < -0.4 is 5.32 Å². The summed E-state index contributed by atoms with van der Waals surface area (Å²) >= 11 is 0. The molecule has 3 fully saturated rings. The smallest absolute Gasteiger partial charge is 0.336 e. The molecule has 1 unspecified atom stereocenters. The number of benzene rings is 1. The average molecular weight is 314 g/mol. The number of rotatable bonds is 5. The summed E-state index contributed by atoms with van der Waals surface area (Å²) in [5.74, 6) is 0.655. The van der Waals surface area contributed by atoms with E-state index in [1.54, 1.807) is 12.1 Å². The minimum atomic E-state index is -0.907. The number of aromatic nitrogens is 2. The van der Waals surface area contributed by atoms with E-state index >= 15 is 0 Å². The van der Waals surface area contributed by atoms with Gasteiger partial charge in [0, 0.05) is 18.5 Å². The molecule has 5 rings (SSSR count). The Labute approximate surface area is 134 Å². The van der Waals surface area contributed by atoms with Crippen LogP contribution in [0.4, 0.5) is 0 Å². The molecule has 1 aromatic carbocycles. The van der Waals surface area contributed by atoms with E-state index in [1.807, 2.05) is 6.07 Å². The zero-order valence-corrected chi connectivity index (χ0v) is 13.1. The molecule has 2 bridgehead atoms. The van der Waals surface area contributed by atoms with Crippen LogP contribution in [0.1, 0.15) is 28.9 Å². The number of carboxylic acids is 1. The van der Waals surface area contributed by atoms with Crippen LogP contribution in [0.25, 0.3) is 10.9 Å². The largest absolute Gasteiger partial charge is 0.478 e. The Morgan fingerprint density at radius 3 is 2.91 bits per heavy atom. The van der Waals surface area contributed by atoms with Gasteiger partial charge in [-0.25, -0.2) is 4.79 Å². The van der Waals surface area contributed by atoms with Crippen molar-refractivity contribution in [1.29, 1.82) is 0 Å². The fourth-order valence-corrected chi connectivity index (χ4v) is 4.14. The molecule has 3 aliphatic rings. The number of fused-ring (bicyclic) bond motifs is 4. The fraction of sp³-hybridized carbons (Fsp3) is 0.529. The standard InChI is InChI=1S/C17H22N4O2/c22-17(23)13-2-1-3-14-16(13)15(20-19-14)9-18-8-12-10-21-6-4-11(12)5-7-21/h1-3,11-12,18H,4-10H2,(H,19,20)(H,22,23). The Hall–Kier alpha value is -1.92. The number of H-pyrrole nitrogens is 1. The number of carboxylic acid groups (broad SMARTS) is 1. The van der Waals surface area contributed by atoms with Crippen molar-refractivity contribution in [2.24, 2.45) is 11.8 Å². The quantitative estimate of drug-likeness (QED) is 0.782. The van der Waals surface area contributed by atoms with Gasteiger partial charge < -0.3 is 15.3 Å². The SMILES string of the molecule is O=C(O)c1cccc2n[nH]c(CNCC3CN4CCC3CC4)c12. The number of aromatic carboxylic acids is 1. The molecule has 3 N–H and O–H groups in total. The van der Waals surface area contributed by atoms with Crippen molar-refractivity contribution in [1.82, 2.24) is 20.4 Å². The summed E-state index contributed by atoms with van der Waals surface area (Å²) in [6, 6.07) is 5.21. The van der Waals surface area contributed by atoms with E-state index < -0.39 is 5.97 Å². The molecule has 0 spiro atoms. The molecule has 6 heteroatoms. The maximum atomic E-state index is 11.4. The summed E-state index contributed by atoms with van der Waals surface area (Å²) in [4.78, 5) is 14.0. The molecular weight excluding hydrogens is 292 g/mol. The molecule has 1 atom stereocenters. The van der Waals surface area contributed by atoms with E-state index in [9.17, 15) is 9.90 Å². The highest BCUT2D eigenvalue weighted by Gasteiger charge is 2.33. The van der Waals surface area contributed by atoms with Crippen molar-refractivity contribution in [2.75, 3.05) is 26.2 Å². The van der Waals surface area contributed by atoms with Crippen molar-refractivity contribution in [2.45, 2.75) is 19.4 Å². The first-order chi connectivity index (χ1) is 11.2. The Morgan fingerprint density at radius 1 is 1.39 bits per heavy atom. The van der Waals surface area contributed by atoms with Crippen LogP contribution in [-0.4, -0.2) is 52.4 Å². The molecule has 122 valence electrons. The van der Waals surface area contributed by atoms with Crippen LogP contribution in [0, 0.1) is 11.8 Å². The van der Waals surface area contributed by atoms with Gasteiger partial charge >= 0.3 is 5.97 Å². The topological polar surface area (TPSA) is 81.2 Å². The Morgan fingerprint density at radius 2 is 2.22 bits per heavy atom. The second-order valence-electron chi connectivity index (χ2n) is 6.74. The van der Waals surface area contributed by atoms with Gasteiger partial charge in [0.25, 0.3) is 0 Å². The number of carbonyl (C=O) groups is 1. The third kappa shape index (κ3) is 2.72. The summed E-state index contributed by atoms with van der Waals surface area (Å²) < 4.78 is 0. The minimum Gasteiger partial charge on any atom is -0.478 e. The first-order valence-corrected chi connectivity index (χ1v) is 8.34. The van der Waals surface area contributed by atoms with Gasteiger partial charge in [0.1, 0.15) is 0 Å². The second kappa shape index (κ2) is 5.94. The van der Waals surface area contributed by atoms with Gasteiger partial charge in [0.15, 0.2) is 0 Å². The minimum absolute atomic E-state index is 0.316. The third-order valence-corrected chi connectivity index (χ3v) is 5.39. The zero-order chi connectivity index (χ0) is 15.8. The molecule has 23 heavy (non-hydrogen) atoms. The molecule has 0 radical (unpaired) electrons. The molecule has 0 amide bonds. The summed E-state index contributed by atoms with van der Waals surface area (Å²) in [6.45, 7) is 5.32. The van der Waals surface area contributed by atoms with E-state index in [1.165, 1.54) is 32.5 Å².